The molecule has 4 heteroatoms. The van der Waals surface area contributed by atoms with Crippen molar-refractivity contribution in [2.24, 2.45) is 23.7 Å². The fourth-order valence-electron chi connectivity index (χ4n) is 3.72. The van der Waals surface area contributed by atoms with Gasteiger partial charge in [-0.3, -0.25) is 14.4 Å². The molecule has 1 saturated heterocycles. The first-order chi connectivity index (χ1) is 9.75. The molecule has 4 nitrogen and oxygen atoms in total. The third kappa shape index (κ3) is 1.58. The molecular formula is C16H15NO3. The zero-order valence-corrected chi connectivity index (χ0v) is 10.9. The minimum absolute atomic E-state index is 0.159. The minimum Gasteiger partial charge on any atom is -0.272 e. The van der Waals surface area contributed by atoms with Gasteiger partial charge in [0.1, 0.15) is 6.61 Å². The van der Waals surface area contributed by atoms with E-state index in [1.165, 1.54) is 0 Å². The number of benzene rings is 1. The summed E-state index contributed by atoms with van der Waals surface area (Å²) in [5.41, 5.74) is 0.950. The lowest BCUT2D eigenvalue weighted by atomic mass is 9.85. The molecule has 1 saturated carbocycles. The zero-order chi connectivity index (χ0) is 13.7. The topological polar surface area (TPSA) is 46.6 Å². The lowest BCUT2D eigenvalue weighted by Gasteiger charge is -2.16. The van der Waals surface area contributed by atoms with E-state index in [2.05, 4.69) is 12.2 Å². The van der Waals surface area contributed by atoms with Crippen LogP contribution in [-0.4, -0.2) is 16.9 Å². The van der Waals surface area contributed by atoms with Crippen LogP contribution in [0.4, 0.5) is 0 Å². The van der Waals surface area contributed by atoms with Crippen LogP contribution in [0.25, 0.3) is 0 Å². The maximum Gasteiger partial charge on any atom is 0.258 e. The van der Waals surface area contributed by atoms with Crippen molar-refractivity contribution in [1.29, 1.82) is 0 Å². The Kier molecular flexibility index (Phi) is 2.54. The third-order valence-electron chi connectivity index (χ3n) is 4.63. The Balaban J connectivity index is 1.51. The first kappa shape index (κ1) is 11.9. The van der Waals surface area contributed by atoms with Gasteiger partial charge >= 0.3 is 0 Å². The van der Waals surface area contributed by atoms with Crippen molar-refractivity contribution < 1.29 is 14.4 Å². The van der Waals surface area contributed by atoms with E-state index in [-0.39, 0.29) is 42.1 Å². The largest absolute Gasteiger partial charge is 0.272 e. The van der Waals surface area contributed by atoms with E-state index < -0.39 is 0 Å². The van der Waals surface area contributed by atoms with Crippen LogP contribution in [0.1, 0.15) is 12.0 Å². The summed E-state index contributed by atoms with van der Waals surface area (Å²) >= 11 is 0. The molecule has 2 fully saturated rings. The van der Waals surface area contributed by atoms with E-state index >= 15 is 0 Å². The molecule has 2 aliphatic carbocycles. The fourth-order valence-corrected chi connectivity index (χ4v) is 3.72. The number of nitrogens with zero attached hydrogens (tertiary/aromatic N) is 1. The molecule has 0 aromatic heterocycles. The number of allylic oxidation sites excluding steroid dienone is 2. The molecule has 0 radical (unpaired) electrons. The fraction of sp³-hybridized carbons (Fsp3) is 0.375. The van der Waals surface area contributed by atoms with Gasteiger partial charge in [0, 0.05) is 0 Å². The molecule has 102 valence electrons. The van der Waals surface area contributed by atoms with Crippen molar-refractivity contribution in [3.63, 3.8) is 0 Å². The summed E-state index contributed by atoms with van der Waals surface area (Å²) in [6.45, 7) is 0.251. The molecule has 1 aromatic carbocycles. The number of hydrogen-bond acceptors (Lipinski definition) is 3. The second-order valence-electron chi connectivity index (χ2n) is 5.73. The Morgan fingerprint density at radius 3 is 2.20 bits per heavy atom. The van der Waals surface area contributed by atoms with Crippen molar-refractivity contribution in [3.05, 3.63) is 48.0 Å². The highest BCUT2D eigenvalue weighted by Gasteiger charge is 2.60. The van der Waals surface area contributed by atoms with Crippen molar-refractivity contribution in [1.82, 2.24) is 5.06 Å². The van der Waals surface area contributed by atoms with Crippen LogP contribution in [-0.2, 0) is 21.0 Å². The van der Waals surface area contributed by atoms with Crippen molar-refractivity contribution in [2.75, 3.05) is 0 Å². The minimum atomic E-state index is -0.187. The number of amides is 2. The van der Waals surface area contributed by atoms with Gasteiger partial charge in [-0.05, 0) is 23.8 Å². The van der Waals surface area contributed by atoms with Gasteiger partial charge in [-0.25, -0.2) is 0 Å². The van der Waals surface area contributed by atoms with E-state index in [0.717, 1.165) is 17.0 Å². The maximum absolute atomic E-state index is 12.4. The summed E-state index contributed by atoms with van der Waals surface area (Å²) in [7, 11) is 0. The Labute approximate surface area is 117 Å². The second-order valence-corrected chi connectivity index (χ2v) is 5.73. The second kappa shape index (κ2) is 4.28. The number of imide groups is 1. The summed E-state index contributed by atoms with van der Waals surface area (Å²) in [4.78, 5) is 30.2. The number of carbonyl (C=O) groups is 2. The molecule has 1 heterocycles. The molecule has 2 bridgehead atoms. The number of hydrogen-bond donors (Lipinski definition) is 0. The highest BCUT2D eigenvalue weighted by atomic mass is 16.7. The summed E-state index contributed by atoms with van der Waals surface area (Å²) in [5, 5.41) is 1.01. The van der Waals surface area contributed by atoms with Crippen LogP contribution in [0.5, 0.6) is 0 Å². The molecule has 4 rings (SSSR count). The van der Waals surface area contributed by atoms with Gasteiger partial charge in [-0.1, -0.05) is 42.5 Å². The highest BCUT2D eigenvalue weighted by Crippen LogP contribution is 2.52. The Bertz CT molecular complexity index is 565. The van der Waals surface area contributed by atoms with Gasteiger partial charge in [-0.2, -0.15) is 5.06 Å². The van der Waals surface area contributed by atoms with Gasteiger partial charge in [0.2, 0.25) is 0 Å². The van der Waals surface area contributed by atoms with Gasteiger partial charge < -0.3 is 0 Å². The van der Waals surface area contributed by atoms with Crippen LogP contribution in [0.2, 0.25) is 0 Å². The summed E-state index contributed by atoms with van der Waals surface area (Å²) < 4.78 is 0. The molecule has 0 spiro atoms. The van der Waals surface area contributed by atoms with E-state index in [0.29, 0.717) is 0 Å². The SMILES string of the molecule is O=C1[C@@H]2[C@H](C(=O)N1OCc1ccccc1)[C@@H]1C=C[C@H]2C1. The zero-order valence-electron chi connectivity index (χ0n) is 10.9. The quantitative estimate of drug-likeness (QED) is 0.622. The van der Waals surface area contributed by atoms with Crippen molar-refractivity contribution in [3.8, 4) is 0 Å². The number of hydroxylamine groups is 2. The summed E-state index contributed by atoms with van der Waals surface area (Å²) in [6.07, 6.45) is 5.11. The predicted molar refractivity (Wildman–Crippen MR) is 70.8 cm³/mol. The van der Waals surface area contributed by atoms with Gasteiger partial charge in [0.25, 0.3) is 11.8 Å². The van der Waals surface area contributed by atoms with Gasteiger partial charge in [0.15, 0.2) is 0 Å². The van der Waals surface area contributed by atoms with Crippen LogP contribution in [0, 0.1) is 23.7 Å². The van der Waals surface area contributed by atoms with Gasteiger partial charge in [-0.15, -0.1) is 0 Å². The molecule has 20 heavy (non-hydrogen) atoms. The Morgan fingerprint density at radius 1 is 1.00 bits per heavy atom. The molecule has 0 N–H and O–H groups in total. The molecule has 0 unspecified atom stereocenters. The average molecular weight is 269 g/mol. The van der Waals surface area contributed by atoms with Crippen LogP contribution in [0.15, 0.2) is 42.5 Å². The van der Waals surface area contributed by atoms with Crippen LogP contribution >= 0.6 is 0 Å². The van der Waals surface area contributed by atoms with E-state index in [9.17, 15) is 9.59 Å². The number of carbonyl (C=O) groups excluding carboxylic acids is 2. The van der Waals surface area contributed by atoms with E-state index in [4.69, 9.17) is 4.84 Å². The Hall–Kier alpha value is -1.94. The molecule has 4 atom stereocenters. The third-order valence-corrected chi connectivity index (χ3v) is 4.63. The number of rotatable bonds is 3. The van der Waals surface area contributed by atoms with Crippen LogP contribution in [0.3, 0.4) is 0 Å². The van der Waals surface area contributed by atoms with Gasteiger partial charge in [0.05, 0.1) is 11.8 Å². The summed E-state index contributed by atoms with van der Waals surface area (Å²) in [6, 6.07) is 9.56. The lowest BCUT2D eigenvalue weighted by molar-refractivity contribution is -0.193. The van der Waals surface area contributed by atoms with E-state index in [1.807, 2.05) is 30.3 Å². The average Bonchev–Trinajstić information content (AvgIpc) is 3.13. The first-order valence-corrected chi connectivity index (χ1v) is 6.98. The van der Waals surface area contributed by atoms with E-state index in [1.54, 1.807) is 0 Å². The smallest absolute Gasteiger partial charge is 0.258 e. The standard InChI is InChI=1S/C16H15NO3/c18-15-13-11-6-7-12(8-11)14(13)16(19)17(15)20-9-10-4-2-1-3-5-10/h1-7,11-14H,8-9H2/t11-,12+,13-,14+. The van der Waals surface area contributed by atoms with Crippen LogP contribution < -0.4 is 0 Å². The molecule has 1 aliphatic heterocycles. The lowest BCUT2D eigenvalue weighted by Crippen LogP contribution is -2.32. The summed E-state index contributed by atoms with van der Waals surface area (Å²) in [5.74, 6) is -0.236. The maximum atomic E-state index is 12.4. The predicted octanol–water partition coefficient (Wildman–Crippen LogP) is 1.93. The monoisotopic (exact) mass is 269 g/mol. The number of fused-ring (bicyclic) bond motifs is 5. The molecular weight excluding hydrogens is 254 g/mol. The Morgan fingerprint density at radius 2 is 1.60 bits per heavy atom. The van der Waals surface area contributed by atoms with Crippen molar-refractivity contribution in [2.45, 2.75) is 13.0 Å². The van der Waals surface area contributed by atoms with Crippen molar-refractivity contribution >= 4 is 11.8 Å². The first-order valence-electron chi connectivity index (χ1n) is 6.98. The molecule has 1 aromatic rings. The molecule has 2 amide bonds. The normalized spacial score (nSPS) is 34.1. The molecule has 3 aliphatic rings. The highest BCUT2D eigenvalue weighted by molar-refractivity contribution is 6.05.